The molecule has 1 aromatic heterocycles. The van der Waals surface area contributed by atoms with Gasteiger partial charge in [-0.3, -0.25) is 4.79 Å². The number of methoxy groups -OCH3 is 1. The van der Waals surface area contributed by atoms with Gasteiger partial charge in [-0.05, 0) is 6.07 Å². The molecule has 0 N–H and O–H groups in total. The van der Waals surface area contributed by atoms with Crippen molar-refractivity contribution in [3.05, 3.63) is 28.3 Å². The van der Waals surface area contributed by atoms with Crippen LogP contribution >= 0.6 is 11.6 Å². The molecule has 7 heteroatoms. The van der Waals surface area contributed by atoms with E-state index in [0.29, 0.717) is 0 Å². The number of alkyl halides is 2. The lowest BCUT2D eigenvalue weighted by Crippen LogP contribution is -2.07. The van der Waals surface area contributed by atoms with E-state index in [0.717, 1.165) is 13.2 Å². The molecule has 1 heterocycles. The monoisotopic (exact) mass is 253 g/mol. The van der Waals surface area contributed by atoms with Gasteiger partial charge in [-0.1, -0.05) is 11.6 Å². The van der Waals surface area contributed by atoms with Gasteiger partial charge in [0.15, 0.2) is 0 Å². The number of rotatable bonds is 3. The van der Waals surface area contributed by atoms with Crippen molar-refractivity contribution in [2.75, 3.05) is 7.11 Å². The summed E-state index contributed by atoms with van der Waals surface area (Å²) < 4.78 is 41.9. The molecule has 0 aliphatic heterocycles. The third kappa shape index (κ3) is 2.85. The van der Waals surface area contributed by atoms with Crippen molar-refractivity contribution in [2.24, 2.45) is 0 Å². The molecule has 0 aromatic carbocycles. The third-order valence-corrected chi connectivity index (χ3v) is 2.15. The molecule has 0 aliphatic carbocycles. The fourth-order valence-corrected chi connectivity index (χ4v) is 1.23. The number of pyridine rings is 1. The highest BCUT2D eigenvalue weighted by atomic mass is 35.5. The highest BCUT2D eigenvalue weighted by Crippen LogP contribution is 2.25. The maximum atomic E-state index is 12.9. The third-order valence-electron chi connectivity index (χ3n) is 1.83. The van der Waals surface area contributed by atoms with Gasteiger partial charge in [-0.25, -0.2) is 13.8 Å². The molecule has 0 radical (unpaired) electrons. The molecule has 0 saturated carbocycles. The molecular formula is C9H7ClF3NO2. The standard InChI is InChI=1S/C9H7ClF3NO2/c1-16-6(15)3-4-2-5(8(11)12)9(13)14-7(4)10/h2,8H,3H2,1H3. The van der Waals surface area contributed by atoms with Crippen molar-refractivity contribution in [1.29, 1.82) is 0 Å². The van der Waals surface area contributed by atoms with Crippen molar-refractivity contribution in [3.63, 3.8) is 0 Å². The Hall–Kier alpha value is -1.30. The second-order valence-electron chi connectivity index (χ2n) is 2.87. The Bertz CT molecular complexity index is 412. The molecule has 0 unspecified atom stereocenters. The first-order chi connectivity index (χ1) is 7.45. The van der Waals surface area contributed by atoms with E-state index in [4.69, 9.17) is 11.6 Å². The highest BCUT2D eigenvalue weighted by molar-refractivity contribution is 6.30. The summed E-state index contributed by atoms with van der Waals surface area (Å²) in [6, 6.07) is 0.812. The quantitative estimate of drug-likeness (QED) is 0.614. The first-order valence-electron chi connectivity index (χ1n) is 4.15. The van der Waals surface area contributed by atoms with Crippen LogP contribution < -0.4 is 0 Å². The van der Waals surface area contributed by atoms with E-state index in [1.165, 1.54) is 0 Å². The Balaban J connectivity index is 3.09. The summed E-state index contributed by atoms with van der Waals surface area (Å²) in [5, 5.41) is -0.327. The second kappa shape index (κ2) is 5.16. The number of carbonyl (C=O) groups is 1. The van der Waals surface area contributed by atoms with Gasteiger partial charge in [0, 0.05) is 5.56 Å². The molecule has 0 atom stereocenters. The first kappa shape index (κ1) is 12.8. The Kier molecular flexibility index (Phi) is 4.12. The van der Waals surface area contributed by atoms with Crippen molar-refractivity contribution in [2.45, 2.75) is 12.8 Å². The van der Waals surface area contributed by atoms with E-state index in [1.807, 2.05) is 0 Å². The van der Waals surface area contributed by atoms with Crippen LogP contribution in [0.15, 0.2) is 6.07 Å². The topological polar surface area (TPSA) is 39.2 Å². The lowest BCUT2D eigenvalue weighted by atomic mass is 10.1. The average Bonchev–Trinajstić information content (AvgIpc) is 2.21. The minimum atomic E-state index is -3.01. The average molecular weight is 254 g/mol. The SMILES string of the molecule is COC(=O)Cc1cc(C(F)F)c(F)nc1Cl. The predicted octanol–water partition coefficient (Wildman–Crippen LogP) is 2.53. The normalized spacial score (nSPS) is 10.6. The summed E-state index contributed by atoms with van der Waals surface area (Å²) in [4.78, 5) is 14.0. The highest BCUT2D eigenvalue weighted by Gasteiger charge is 2.19. The van der Waals surface area contributed by atoms with Gasteiger partial charge in [-0.15, -0.1) is 0 Å². The number of nitrogens with zero attached hydrogens (tertiary/aromatic N) is 1. The van der Waals surface area contributed by atoms with Crippen LogP contribution in [0.5, 0.6) is 0 Å². The van der Waals surface area contributed by atoms with Crippen LogP contribution in [0.3, 0.4) is 0 Å². The van der Waals surface area contributed by atoms with Gasteiger partial charge in [0.1, 0.15) is 5.15 Å². The minimum Gasteiger partial charge on any atom is -0.469 e. The Labute approximate surface area is 94.2 Å². The van der Waals surface area contributed by atoms with E-state index >= 15 is 0 Å². The Morgan fingerprint density at radius 1 is 1.62 bits per heavy atom. The van der Waals surface area contributed by atoms with Crippen LogP contribution in [0.1, 0.15) is 17.6 Å². The van der Waals surface area contributed by atoms with Gasteiger partial charge in [0.05, 0.1) is 19.1 Å². The summed E-state index contributed by atoms with van der Waals surface area (Å²) in [5.74, 6) is -2.01. The predicted molar refractivity (Wildman–Crippen MR) is 49.9 cm³/mol. The molecule has 88 valence electrons. The first-order valence-corrected chi connectivity index (χ1v) is 4.53. The van der Waals surface area contributed by atoms with Crippen LogP contribution in [-0.4, -0.2) is 18.1 Å². The fraction of sp³-hybridized carbons (Fsp3) is 0.333. The van der Waals surface area contributed by atoms with Gasteiger partial charge in [0.25, 0.3) is 6.43 Å². The lowest BCUT2D eigenvalue weighted by molar-refractivity contribution is -0.139. The van der Waals surface area contributed by atoms with Crippen molar-refractivity contribution in [1.82, 2.24) is 4.98 Å². The molecule has 3 nitrogen and oxygen atoms in total. The smallest absolute Gasteiger partial charge is 0.310 e. The van der Waals surface area contributed by atoms with Gasteiger partial charge in [-0.2, -0.15) is 4.39 Å². The largest absolute Gasteiger partial charge is 0.469 e. The molecular weight excluding hydrogens is 247 g/mol. The van der Waals surface area contributed by atoms with Gasteiger partial charge in [0.2, 0.25) is 5.95 Å². The van der Waals surface area contributed by atoms with Crippen LogP contribution in [0.25, 0.3) is 0 Å². The Morgan fingerprint density at radius 3 is 2.75 bits per heavy atom. The number of esters is 1. The molecule has 0 aliphatic rings. The number of aromatic nitrogens is 1. The maximum absolute atomic E-state index is 12.9. The summed E-state index contributed by atoms with van der Waals surface area (Å²) >= 11 is 5.50. The molecule has 0 bridgehead atoms. The minimum absolute atomic E-state index is 0.00483. The molecule has 0 fully saturated rings. The van der Waals surface area contributed by atoms with Gasteiger partial charge < -0.3 is 4.74 Å². The van der Waals surface area contributed by atoms with E-state index in [9.17, 15) is 18.0 Å². The number of ether oxygens (including phenoxy) is 1. The molecule has 0 amide bonds. The number of halogens is 4. The van der Waals surface area contributed by atoms with E-state index in [1.54, 1.807) is 0 Å². The van der Waals surface area contributed by atoms with Crippen LogP contribution in [0.4, 0.5) is 13.2 Å². The molecule has 16 heavy (non-hydrogen) atoms. The number of hydrogen-bond donors (Lipinski definition) is 0. The molecule has 0 spiro atoms. The van der Waals surface area contributed by atoms with Crippen molar-refractivity contribution >= 4 is 17.6 Å². The lowest BCUT2D eigenvalue weighted by Gasteiger charge is -2.06. The van der Waals surface area contributed by atoms with E-state index in [2.05, 4.69) is 9.72 Å². The second-order valence-corrected chi connectivity index (χ2v) is 3.23. The van der Waals surface area contributed by atoms with Gasteiger partial charge >= 0.3 is 5.97 Å². The number of hydrogen-bond acceptors (Lipinski definition) is 3. The van der Waals surface area contributed by atoms with Crippen molar-refractivity contribution < 1.29 is 22.7 Å². The van der Waals surface area contributed by atoms with Crippen LogP contribution in [-0.2, 0) is 16.0 Å². The molecule has 1 aromatic rings. The van der Waals surface area contributed by atoms with E-state index in [-0.39, 0.29) is 17.1 Å². The molecule has 0 saturated heterocycles. The Morgan fingerprint density at radius 2 is 2.25 bits per heavy atom. The summed E-state index contributed by atoms with van der Waals surface area (Å²) in [5.41, 5.74) is -0.881. The summed E-state index contributed by atoms with van der Waals surface area (Å²) in [6.07, 6.45) is -3.34. The number of carbonyl (C=O) groups excluding carboxylic acids is 1. The zero-order chi connectivity index (χ0) is 12.3. The molecule has 1 rings (SSSR count). The summed E-state index contributed by atoms with van der Waals surface area (Å²) in [6.45, 7) is 0. The zero-order valence-corrected chi connectivity index (χ0v) is 8.89. The maximum Gasteiger partial charge on any atom is 0.310 e. The fourth-order valence-electron chi connectivity index (χ4n) is 1.03. The zero-order valence-electron chi connectivity index (χ0n) is 8.14. The van der Waals surface area contributed by atoms with E-state index < -0.39 is 23.9 Å². The van der Waals surface area contributed by atoms with Crippen LogP contribution in [0.2, 0.25) is 5.15 Å². The van der Waals surface area contributed by atoms with Crippen molar-refractivity contribution in [3.8, 4) is 0 Å². The van der Waals surface area contributed by atoms with Crippen LogP contribution in [0, 0.1) is 5.95 Å². The summed E-state index contributed by atoms with van der Waals surface area (Å²) in [7, 11) is 1.14.